The average Bonchev–Trinajstić information content (AvgIpc) is 2.89. The SMILES string of the molecule is Cc1cc(CNS(=O)(=O)N(C)C)nc(N2CCCC2)n1. The van der Waals surface area contributed by atoms with Crippen molar-refractivity contribution in [1.82, 2.24) is 19.0 Å². The first kappa shape index (κ1) is 15.1. The number of hydrogen-bond acceptors (Lipinski definition) is 5. The van der Waals surface area contributed by atoms with Gasteiger partial charge in [-0.1, -0.05) is 0 Å². The molecule has 20 heavy (non-hydrogen) atoms. The van der Waals surface area contributed by atoms with Gasteiger partial charge >= 0.3 is 0 Å². The highest BCUT2D eigenvalue weighted by Gasteiger charge is 2.17. The molecule has 0 aromatic carbocycles. The summed E-state index contributed by atoms with van der Waals surface area (Å²) in [5, 5.41) is 0. The van der Waals surface area contributed by atoms with Crippen LogP contribution < -0.4 is 9.62 Å². The normalized spacial score (nSPS) is 16.1. The zero-order chi connectivity index (χ0) is 14.8. The summed E-state index contributed by atoms with van der Waals surface area (Å²) in [6.45, 7) is 3.99. The monoisotopic (exact) mass is 299 g/mol. The number of nitrogens with one attached hydrogen (secondary N) is 1. The summed E-state index contributed by atoms with van der Waals surface area (Å²) in [7, 11) is -0.453. The van der Waals surface area contributed by atoms with E-state index in [-0.39, 0.29) is 6.54 Å². The Kier molecular flexibility index (Phi) is 4.56. The average molecular weight is 299 g/mol. The molecule has 1 saturated heterocycles. The molecule has 1 fully saturated rings. The molecule has 0 amide bonds. The molecule has 112 valence electrons. The van der Waals surface area contributed by atoms with Gasteiger partial charge in [-0.25, -0.2) is 9.97 Å². The lowest BCUT2D eigenvalue weighted by atomic mass is 10.3. The van der Waals surface area contributed by atoms with Crippen LogP contribution in [-0.2, 0) is 16.8 Å². The van der Waals surface area contributed by atoms with Gasteiger partial charge in [-0.2, -0.15) is 17.4 Å². The van der Waals surface area contributed by atoms with E-state index < -0.39 is 10.2 Å². The maximum Gasteiger partial charge on any atom is 0.279 e. The first-order valence-corrected chi connectivity index (χ1v) is 8.09. The fourth-order valence-corrected chi connectivity index (χ4v) is 2.65. The third-order valence-electron chi connectivity index (χ3n) is 3.20. The maximum absolute atomic E-state index is 11.7. The van der Waals surface area contributed by atoms with E-state index in [1.54, 1.807) is 6.07 Å². The van der Waals surface area contributed by atoms with E-state index in [9.17, 15) is 8.42 Å². The minimum atomic E-state index is -3.43. The van der Waals surface area contributed by atoms with E-state index in [4.69, 9.17) is 0 Å². The Morgan fingerprint density at radius 1 is 1.30 bits per heavy atom. The minimum Gasteiger partial charge on any atom is -0.341 e. The predicted octanol–water partition coefficient (Wildman–Crippen LogP) is 0.281. The predicted molar refractivity (Wildman–Crippen MR) is 77.7 cm³/mol. The number of anilines is 1. The highest BCUT2D eigenvalue weighted by molar-refractivity contribution is 7.87. The smallest absolute Gasteiger partial charge is 0.279 e. The Bertz CT molecular complexity index is 567. The molecule has 0 radical (unpaired) electrons. The van der Waals surface area contributed by atoms with Crippen molar-refractivity contribution in [3.8, 4) is 0 Å². The van der Waals surface area contributed by atoms with Crippen molar-refractivity contribution in [2.75, 3.05) is 32.1 Å². The van der Waals surface area contributed by atoms with Gasteiger partial charge < -0.3 is 4.90 Å². The molecule has 1 aromatic heterocycles. The standard InChI is InChI=1S/C12H21N5O2S/c1-10-8-11(9-13-20(18,19)16(2)3)15-12(14-10)17-6-4-5-7-17/h8,13H,4-7,9H2,1-3H3. The molecule has 0 aliphatic carbocycles. The van der Waals surface area contributed by atoms with Gasteiger partial charge in [0, 0.05) is 32.9 Å². The van der Waals surface area contributed by atoms with E-state index in [0.29, 0.717) is 11.6 Å². The first-order valence-electron chi connectivity index (χ1n) is 6.65. The van der Waals surface area contributed by atoms with Gasteiger partial charge in [-0.3, -0.25) is 0 Å². The van der Waals surface area contributed by atoms with Crippen LogP contribution in [0.1, 0.15) is 24.2 Å². The summed E-state index contributed by atoms with van der Waals surface area (Å²) in [6, 6.07) is 1.80. The fourth-order valence-electron chi connectivity index (χ4n) is 2.06. The third-order valence-corrected chi connectivity index (χ3v) is 4.67. The van der Waals surface area contributed by atoms with Crippen LogP contribution in [0.5, 0.6) is 0 Å². The molecule has 1 aliphatic heterocycles. The number of aromatic nitrogens is 2. The molecule has 0 spiro atoms. The van der Waals surface area contributed by atoms with Crippen molar-refractivity contribution in [3.63, 3.8) is 0 Å². The van der Waals surface area contributed by atoms with Gasteiger partial charge in [0.15, 0.2) is 0 Å². The number of aryl methyl sites for hydroxylation is 1. The summed E-state index contributed by atoms with van der Waals surface area (Å²) in [6.07, 6.45) is 2.31. The topological polar surface area (TPSA) is 78.4 Å². The lowest BCUT2D eigenvalue weighted by molar-refractivity contribution is 0.504. The second-order valence-electron chi connectivity index (χ2n) is 5.10. The van der Waals surface area contributed by atoms with Crippen LogP contribution >= 0.6 is 0 Å². The maximum atomic E-state index is 11.7. The quantitative estimate of drug-likeness (QED) is 0.845. The molecule has 0 unspecified atom stereocenters. The highest BCUT2D eigenvalue weighted by Crippen LogP contribution is 2.16. The Labute approximate surface area is 120 Å². The van der Waals surface area contributed by atoms with E-state index in [1.807, 2.05) is 6.92 Å². The molecule has 7 nitrogen and oxygen atoms in total. The van der Waals surface area contributed by atoms with Crippen LogP contribution in [0.2, 0.25) is 0 Å². The van der Waals surface area contributed by atoms with E-state index >= 15 is 0 Å². The van der Waals surface area contributed by atoms with Crippen LogP contribution in [0.4, 0.5) is 5.95 Å². The second-order valence-corrected chi connectivity index (χ2v) is 7.07. The molecule has 8 heteroatoms. The molecular formula is C12H21N5O2S. The molecule has 2 rings (SSSR count). The molecule has 1 aliphatic rings. The van der Waals surface area contributed by atoms with Crippen molar-refractivity contribution >= 4 is 16.2 Å². The zero-order valence-electron chi connectivity index (χ0n) is 12.1. The van der Waals surface area contributed by atoms with Crippen LogP contribution in [0.3, 0.4) is 0 Å². The molecule has 0 atom stereocenters. The number of rotatable bonds is 5. The van der Waals surface area contributed by atoms with Crippen molar-refractivity contribution in [1.29, 1.82) is 0 Å². The van der Waals surface area contributed by atoms with E-state index in [0.717, 1.165) is 35.9 Å². The zero-order valence-corrected chi connectivity index (χ0v) is 12.9. The molecule has 0 saturated carbocycles. The van der Waals surface area contributed by atoms with Gasteiger partial charge in [0.05, 0.1) is 12.2 Å². The van der Waals surface area contributed by atoms with Crippen LogP contribution in [0.25, 0.3) is 0 Å². The van der Waals surface area contributed by atoms with Gasteiger partial charge in [0.1, 0.15) is 0 Å². The van der Waals surface area contributed by atoms with Crippen LogP contribution in [-0.4, -0.2) is 49.9 Å². The van der Waals surface area contributed by atoms with Gasteiger partial charge in [-0.15, -0.1) is 0 Å². The second kappa shape index (κ2) is 6.02. The van der Waals surface area contributed by atoms with Crippen molar-refractivity contribution in [2.45, 2.75) is 26.3 Å². The first-order chi connectivity index (χ1) is 9.38. The molecular weight excluding hydrogens is 278 g/mol. The van der Waals surface area contributed by atoms with Gasteiger partial charge in [-0.05, 0) is 25.8 Å². The third kappa shape index (κ3) is 3.65. The number of hydrogen-bond donors (Lipinski definition) is 1. The highest BCUT2D eigenvalue weighted by atomic mass is 32.2. The van der Waals surface area contributed by atoms with Crippen LogP contribution in [0, 0.1) is 6.92 Å². The summed E-state index contributed by atoms with van der Waals surface area (Å²) in [5.74, 6) is 0.696. The molecule has 1 aromatic rings. The van der Waals surface area contributed by atoms with Gasteiger partial charge in [0.2, 0.25) is 5.95 Å². The fraction of sp³-hybridized carbons (Fsp3) is 0.667. The lowest BCUT2D eigenvalue weighted by Crippen LogP contribution is -2.35. The van der Waals surface area contributed by atoms with Gasteiger partial charge in [0.25, 0.3) is 10.2 Å². The largest absolute Gasteiger partial charge is 0.341 e. The van der Waals surface area contributed by atoms with E-state index in [2.05, 4.69) is 19.6 Å². The van der Waals surface area contributed by atoms with Crippen molar-refractivity contribution < 1.29 is 8.42 Å². The van der Waals surface area contributed by atoms with Crippen LogP contribution in [0.15, 0.2) is 6.07 Å². The van der Waals surface area contributed by atoms with Crippen molar-refractivity contribution in [3.05, 3.63) is 17.5 Å². The Morgan fingerprint density at radius 3 is 2.55 bits per heavy atom. The summed E-state index contributed by atoms with van der Waals surface area (Å²) in [4.78, 5) is 11.0. The molecule has 1 N–H and O–H groups in total. The van der Waals surface area contributed by atoms with E-state index in [1.165, 1.54) is 14.1 Å². The Balaban J connectivity index is 2.12. The summed E-state index contributed by atoms with van der Waals surface area (Å²) in [5.41, 5.74) is 1.53. The molecule has 0 bridgehead atoms. The number of nitrogens with zero attached hydrogens (tertiary/aromatic N) is 4. The van der Waals surface area contributed by atoms with Crippen molar-refractivity contribution in [2.24, 2.45) is 0 Å². The molecule has 2 heterocycles. The minimum absolute atomic E-state index is 0.171. The summed E-state index contributed by atoms with van der Waals surface area (Å²) >= 11 is 0. The summed E-state index contributed by atoms with van der Waals surface area (Å²) < 4.78 is 27.0. The Morgan fingerprint density at radius 2 is 1.95 bits per heavy atom. The lowest BCUT2D eigenvalue weighted by Gasteiger charge is -2.17. The Hall–Kier alpha value is -1.25.